The van der Waals surface area contributed by atoms with Crippen molar-refractivity contribution < 1.29 is 14.4 Å². The van der Waals surface area contributed by atoms with E-state index in [1.807, 2.05) is 13.8 Å². The van der Waals surface area contributed by atoms with Crippen molar-refractivity contribution in [2.75, 3.05) is 15.5 Å². The van der Waals surface area contributed by atoms with Crippen molar-refractivity contribution in [1.82, 2.24) is 4.98 Å². The molecule has 2 aromatic rings. The minimum Gasteiger partial charge on any atom is -0.326 e. The second-order valence-corrected chi connectivity index (χ2v) is 7.08. The van der Waals surface area contributed by atoms with Gasteiger partial charge in [-0.3, -0.25) is 19.3 Å². The molecule has 7 nitrogen and oxygen atoms in total. The lowest BCUT2D eigenvalue weighted by Gasteiger charge is -2.21. The third kappa shape index (κ3) is 4.66. The first-order valence-electron chi connectivity index (χ1n) is 8.15. The van der Waals surface area contributed by atoms with Crippen LogP contribution in [0.25, 0.3) is 0 Å². The Morgan fingerprint density at radius 2 is 1.58 bits per heavy atom. The Hall–Kier alpha value is -2.74. The molecule has 2 N–H and O–H groups in total. The molecule has 0 atom stereocenters. The van der Waals surface area contributed by atoms with Crippen molar-refractivity contribution >= 4 is 45.6 Å². The van der Waals surface area contributed by atoms with Gasteiger partial charge >= 0.3 is 0 Å². The quantitative estimate of drug-likeness (QED) is 0.839. The summed E-state index contributed by atoms with van der Waals surface area (Å²) < 4.78 is 0. The van der Waals surface area contributed by atoms with Gasteiger partial charge in [-0.2, -0.15) is 0 Å². The van der Waals surface area contributed by atoms with Crippen LogP contribution in [-0.4, -0.2) is 28.7 Å². The van der Waals surface area contributed by atoms with Crippen molar-refractivity contribution in [1.29, 1.82) is 0 Å². The van der Waals surface area contributed by atoms with Crippen LogP contribution in [0.15, 0.2) is 24.3 Å². The van der Waals surface area contributed by atoms with E-state index in [1.54, 1.807) is 36.1 Å². The molecular formula is C18H22N4O3S. The molecule has 0 saturated heterocycles. The molecule has 1 heterocycles. The number of thiazole rings is 1. The summed E-state index contributed by atoms with van der Waals surface area (Å²) in [7, 11) is 0. The molecule has 3 amide bonds. The lowest BCUT2D eigenvalue weighted by atomic mass is 10.2. The molecule has 2 rings (SSSR count). The van der Waals surface area contributed by atoms with Crippen LogP contribution in [0, 0.1) is 6.92 Å². The number of nitrogens with one attached hydrogen (secondary N) is 2. The van der Waals surface area contributed by atoms with Gasteiger partial charge < -0.3 is 10.6 Å². The number of amides is 3. The van der Waals surface area contributed by atoms with Crippen LogP contribution in [0.1, 0.15) is 43.1 Å². The summed E-state index contributed by atoms with van der Waals surface area (Å²) in [5, 5.41) is 5.98. The maximum atomic E-state index is 12.6. The number of carbonyl (C=O) groups is 3. The number of hydrogen-bond donors (Lipinski definition) is 2. The van der Waals surface area contributed by atoms with Crippen LogP contribution < -0.4 is 15.5 Å². The van der Waals surface area contributed by atoms with E-state index in [9.17, 15) is 14.4 Å². The fourth-order valence-electron chi connectivity index (χ4n) is 2.44. The van der Waals surface area contributed by atoms with Crippen LogP contribution in [0.4, 0.5) is 16.5 Å². The number of aromatic nitrogens is 1. The molecule has 0 aliphatic rings. The first kappa shape index (κ1) is 19.6. The smallest absolute Gasteiger partial charge is 0.267 e. The largest absolute Gasteiger partial charge is 0.326 e. The number of nitrogens with zero attached hydrogens (tertiary/aromatic N) is 2. The number of hydrogen-bond acceptors (Lipinski definition) is 5. The molecule has 0 saturated carbocycles. The first-order chi connectivity index (χ1) is 12.2. The Morgan fingerprint density at radius 3 is 2.04 bits per heavy atom. The molecule has 26 heavy (non-hydrogen) atoms. The minimum atomic E-state index is -0.286. The summed E-state index contributed by atoms with van der Waals surface area (Å²) in [5.41, 5.74) is 1.83. The fourth-order valence-corrected chi connectivity index (χ4v) is 3.58. The highest BCUT2D eigenvalue weighted by Gasteiger charge is 2.23. The highest BCUT2D eigenvalue weighted by molar-refractivity contribution is 7.17. The van der Waals surface area contributed by atoms with Gasteiger partial charge in [0.1, 0.15) is 4.88 Å². The molecule has 0 aliphatic heterocycles. The molecule has 138 valence electrons. The number of aryl methyl sites for hydroxylation is 1. The molecule has 1 aromatic carbocycles. The second kappa shape index (κ2) is 8.09. The number of anilines is 3. The Balaban J connectivity index is 2.17. The number of carbonyl (C=O) groups excluding carboxylic acids is 3. The van der Waals surface area contributed by atoms with Crippen molar-refractivity contribution in [3.8, 4) is 0 Å². The predicted molar refractivity (Wildman–Crippen MR) is 104 cm³/mol. The van der Waals surface area contributed by atoms with E-state index in [2.05, 4.69) is 15.6 Å². The second-order valence-electron chi connectivity index (χ2n) is 6.11. The lowest BCUT2D eigenvalue weighted by molar-refractivity contribution is -0.117. The average Bonchev–Trinajstić information content (AvgIpc) is 2.89. The van der Waals surface area contributed by atoms with Crippen LogP contribution in [-0.2, 0) is 9.59 Å². The van der Waals surface area contributed by atoms with Gasteiger partial charge in [-0.1, -0.05) is 11.3 Å². The first-order valence-corrected chi connectivity index (χ1v) is 8.97. The van der Waals surface area contributed by atoms with Gasteiger partial charge in [0, 0.05) is 31.3 Å². The summed E-state index contributed by atoms with van der Waals surface area (Å²) in [6, 6.07) is 6.78. The van der Waals surface area contributed by atoms with Crippen LogP contribution in [0.2, 0.25) is 0 Å². The summed E-state index contributed by atoms with van der Waals surface area (Å²) in [4.78, 5) is 41.8. The zero-order valence-corrected chi connectivity index (χ0v) is 16.2. The Kier molecular flexibility index (Phi) is 6.10. The van der Waals surface area contributed by atoms with Gasteiger partial charge in [0.05, 0.1) is 5.69 Å². The van der Waals surface area contributed by atoms with Gasteiger partial charge in [-0.05, 0) is 45.0 Å². The topological polar surface area (TPSA) is 91.4 Å². The van der Waals surface area contributed by atoms with E-state index in [0.29, 0.717) is 27.1 Å². The molecule has 8 heteroatoms. The van der Waals surface area contributed by atoms with Crippen LogP contribution in [0.5, 0.6) is 0 Å². The predicted octanol–water partition coefficient (Wildman–Crippen LogP) is 3.42. The Labute approximate surface area is 156 Å². The lowest BCUT2D eigenvalue weighted by Crippen LogP contribution is -2.34. The molecule has 0 aliphatic carbocycles. The van der Waals surface area contributed by atoms with Gasteiger partial charge in [-0.25, -0.2) is 4.98 Å². The van der Waals surface area contributed by atoms with E-state index < -0.39 is 0 Å². The Bertz CT molecular complexity index is 827. The number of benzene rings is 1. The van der Waals surface area contributed by atoms with Gasteiger partial charge in [-0.15, -0.1) is 0 Å². The summed E-state index contributed by atoms with van der Waals surface area (Å²) in [5.74, 6) is -0.560. The molecule has 1 aromatic heterocycles. The molecule has 0 spiro atoms. The SMILES string of the molecule is CC(=O)Nc1ccc(NC(=O)c2sc(N(C(C)=O)C(C)C)nc2C)cc1. The molecule has 0 radical (unpaired) electrons. The monoisotopic (exact) mass is 374 g/mol. The van der Waals surface area contributed by atoms with Crippen molar-refractivity contribution in [3.63, 3.8) is 0 Å². The zero-order valence-electron chi connectivity index (χ0n) is 15.4. The molecular weight excluding hydrogens is 352 g/mol. The van der Waals surface area contributed by atoms with Gasteiger partial charge in [0.15, 0.2) is 5.13 Å². The van der Waals surface area contributed by atoms with E-state index in [1.165, 1.54) is 25.2 Å². The standard InChI is InChI=1S/C18H22N4O3S/c1-10(2)22(13(5)24)18-19-11(3)16(26-18)17(25)21-15-8-6-14(7-9-15)20-12(4)23/h6-10H,1-5H3,(H,20,23)(H,21,25). The van der Waals surface area contributed by atoms with E-state index in [4.69, 9.17) is 0 Å². The van der Waals surface area contributed by atoms with Crippen molar-refractivity contribution in [2.24, 2.45) is 0 Å². The van der Waals surface area contributed by atoms with E-state index in [-0.39, 0.29) is 23.8 Å². The van der Waals surface area contributed by atoms with Crippen molar-refractivity contribution in [3.05, 3.63) is 34.8 Å². The summed E-state index contributed by atoms with van der Waals surface area (Å²) >= 11 is 1.19. The zero-order chi connectivity index (χ0) is 19.4. The highest BCUT2D eigenvalue weighted by atomic mass is 32.1. The van der Waals surface area contributed by atoms with Gasteiger partial charge in [0.25, 0.3) is 5.91 Å². The fraction of sp³-hybridized carbons (Fsp3) is 0.333. The highest BCUT2D eigenvalue weighted by Crippen LogP contribution is 2.28. The van der Waals surface area contributed by atoms with Crippen molar-refractivity contribution in [2.45, 2.75) is 40.7 Å². The third-order valence-corrected chi connectivity index (χ3v) is 4.67. The normalized spacial score (nSPS) is 10.5. The third-order valence-electron chi connectivity index (χ3n) is 3.52. The molecule has 0 bridgehead atoms. The molecule has 0 unspecified atom stereocenters. The Morgan fingerprint density at radius 1 is 1.04 bits per heavy atom. The summed E-state index contributed by atoms with van der Waals surface area (Å²) in [6.07, 6.45) is 0. The average molecular weight is 374 g/mol. The maximum Gasteiger partial charge on any atom is 0.267 e. The van der Waals surface area contributed by atoms with E-state index >= 15 is 0 Å². The molecule has 0 fully saturated rings. The van der Waals surface area contributed by atoms with Gasteiger partial charge in [0.2, 0.25) is 11.8 Å². The van der Waals surface area contributed by atoms with Crippen LogP contribution >= 0.6 is 11.3 Å². The number of rotatable bonds is 5. The van der Waals surface area contributed by atoms with Crippen LogP contribution in [0.3, 0.4) is 0 Å². The maximum absolute atomic E-state index is 12.6. The van der Waals surface area contributed by atoms with E-state index in [0.717, 1.165) is 0 Å². The minimum absolute atomic E-state index is 0.0460. The summed E-state index contributed by atoms with van der Waals surface area (Å²) in [6.45, 7) is 8.45.